The number of nitrogens with zero attached hydrogens (tertiary/aromatic N) is 2. The van der Waals surface area contributed by atoms with Gasteiger partial charge in [-0.1, -0.05) is 57.3 Å². The molecule has 0 radical (unpaired) electrons. The van der Waals surface area contributed by atoms with Gasteiger partial charge in [-0.05, 0) is 72.3 Å². The van der Waals surface area contributed by atoms with Crippen molar-refractivity contribution in [1.29, 1.82) is 0 Å². The van der Waals surface area contributed by atoms with E-state index >= 15 is 0 Å². The summed E-state index contributed by atoms with van der Waals surface area (Å²) in [6, 6.07) is 22.6. The Morgan fingerprint density at radius 2 is 1.57 bits per heavy atom. The van der Waals surface area contributed by atoms with Crippen molar-refractivity contribution >= 4 is 72.9 Å². The fourth-order valence-corrected chi connectivity index (χ4v) is 5.50. The third-order valence-electron chi connectivity index (χ3n) is 5.38. The zero-order valence-electron chi connectivity index (χ0n) is 20.6. The molecule has 0 atom stereocenters. The summed E-state index contributed by atoms with van der Waals surface area (Å²) in [5.41, 5.74) is 3.28. The van der Waals surface area contributed by atoms with Crippen molar-refractivity contribution in [2.24, 2.45) is 5.10 Å². The number of nitrogens with one attached hydrogen (secondary N) is 2. The van der Waals surface area contributed by atoms with E-state index in [1.165, 1.54) is 34.8 Å². The normalized spacial score (nSPS) is 11.6. The first kappa shape index (κ1) is 29.5. The van der Waals surface area contributed by atoms with E-state index in [9.17, 15) is 18.0 Å². The maximum atomic E-state index is 13.5. The molecule has 0 saturated heterocycles. The van der Waals surface area contributed by atoms with Crippen LogP contribution in [0.15, 0.2) is 104 Å². The molecule has 0 saturated carbocycles. The third-order valence-corrected chi connectivity index (χ3v) is 8.19. The minimum Gasteiger partial charge on any atom is -0.459 e. The predicted octanol–water partition coefficient (Wildman–Crippen LogP) is 5.83. The zero-order chi connectivity index (χ0) is 28.7. The average molecular weight is 664 g/mol. The molecule has 0 bridgehead atoms. The van der Waals surface area contributed by atoms with E-state index < -0.39 is 21.8 Å². The highest BCUT2D eigenvalue weighted by molar-refractivity contribution is 9.10. The summed E-state index contributed by atoms with van der Waals surface area (Å²) in [4.78, 5) is 24.2. The maximum Gasteiger partial charge on any atom is 0.329 e. The molecule has 206 valence electrons. The predicted molar refractivity (Wildman–Crippen MR) is 157 cm³/mol. The Kier molecular flexibility index (Phi) is 9.77. The highest BCUT2D eigenvalue weighted by atomic mass is 79.9. The maximum absolute atomic E-state index is 13.5. The minimum absolute atomic E-state index is 0.0510. The number of furan rings is 1. The Morgan fingerprint density at radius 3 is 2.25 bits per heavy atom. The number of hydrogen-bond acceptors (Lipinski definition) is 6. The molecule has 1 heterocycles. The molecule has 0 unspecified atom stereocenters. The Morgan fingerprint density at radius 1 is 0.900 bits per heavy atom. The second kappa shape index (κ2) is 13.2. The lowest BCUT2D eigenvalue weighted by Crippen LogP contribution is -2.32. The summed E-state index contributed by atoms with van der Waals surface area (Å²) in [5, 5.41) is 7.15. The van der Waals surface area contributed by atoms with E-state index in [2.05, 4.69) is 31.8 Å². The van der Waals surface area contributed by atoms with Crippen LogP contribution in [0.4, 0.5) is 5.69 Å². The van der Waals surface area contributed by atoms with Crippen molar-refractivity contribution in [2.45, 2.75) is 18.0 Å². The van der Waals surface area contributed by atoms with Crippen LogP contribution in [0.5, 0.6) is 0 Å². The Hall–Kier alpha value is -3.48. The standard InChI is InChI=1S/C27H21BrCl2N4O5S/c28-19-2-1-3-22(14-19)32-26(35)27(36)33-31-15-23-10-11-24(39-23)17-34(16-18-4-6-20(29)7-5-18)40(37,38)25-12-8-21(30)9-13-25/h1-15H,16-17H2,(H,32,35)(H,33,36)/b31-15-. The summed E-state index contributed by atoms with van der Waals surface area (Å²) in [7, 11) is -3.94. The van der Waals surface area contributed by atoms with Gasteiger partial charge >= 0.3 is 11.8 Å². The number of hydrazone groups is 1. The van der Waals surface area contributed by atoms with Crippen LogP contribution in [-0.4, -0.2) is 30.8 Å². The molecule has 9 nitrogen and oxygen atoms in total. The van der Waals surface area contributed by atoms with Crippen LogP contribution in [-0.2, 0) is 32.7 Å². The molecule has 0 aliphatic carbocycles. The third kappa shape index (κ3) is 8.03. The molecule has 1 aromatic heterocycles. The zero-order valence-corrected chi connectivity index (χ0v) is 24.5. The van der Waals surface area contributed by atoms with E-state index in [1.54, 1.807) is 60.7 Å². The lowest BCUT2D eigenvalue weighted by Gasteiger charge is -2.21. The van der Waals surface area contributed by atoms with Crippen LogP contribution < -0.4 is 10.7 Å². The molecule has 40 heavy (non-hydrogen) atoms. The van der Waals surface area contributed by atoms with Gasteiger partial charge in [-0.2, -0.15) is 9.41 Å². The highest BCUT2D eigenvalue weighted by Gasteiger charge is 2.26. The number of halogens is 3. The molecule has 0 aliphatic rings. The van der Waals surface area contributed by atoms with E-state index in [-0.39, 0.29) is 23.7 Å². The van der Waals surface area contributed by atoms with Crippen LogP contribution in [0.2, 0.25) is 10.0 Å². The van der Waals surface area contributed by atoms with Crippen molar-refractivity contribution < 1.29 is 22.4 Å². The van der Waals surface area contributed by atoms with Gasteiger partial charge in [0.2, 0.25) is 10.0 Å². The van der Waals surface area contributed by atoms with Gasteiger partial charge in [-0.25, -0.2) is 13.8 Å². The molecule has 0 aliphatic heterocycles. The van der Waals surface area contributed by atoms with Crippen LogP contribution in [0, 0.1) is 0 Å². The van der Waals surface area contributed by atoms with Crippen molar-refractivity contribution in [2.75, 3.05) is 5.32 Å². The van der Waals surface area contributed by atoms with E-state index in [0.717, 1.165) is 10.0 Å². The van der Waals surface area contributed by atoms with Gasteiger partial charge in [0.15, 0.2) is 0 Å². The highest BCUT2D eigenvalue weighted by Crippen LogP contribution is 2.24. The topological polar surface area (TPSA) is 121 Å². The van der Waals surface area contributed by atoms with Crippen LogP contribution in [0.3, 0.4) is 0 Å². The molecule has 4 aromatic rings. The fraction of sp³-hybridized carbons (Fsp3) is 0.0741. The van der Waals surface area contributed by atoms with Gasteiger partial charge in [0.1, 0.15) is 11.5 Å². The Bertz CT molecular complexity index is 1640. The van der Waals surface area contributed by atoms with E-state index in [1.807, 2.05) is 0 Å². The summed E-state index contributed by atoms with van der Waals surface area (Å²) in [6.45, 7) is -0.0434. The van der Waals surface area contributed by atoms with Crippen LogP contribution in [0.25, 0.3) is 0 Å². The van der Waals surface area contributed by atoms with E-state index in [0.29, 0.717) is 21.5 Å². The second-order valence-corrected chi connectivity index (χ2v) is 12.0. The molecular formula is C27H21BrCl2N4O5S. The number of benzene rings is 3. The first-order chi connectivity index (χ1) is 19.1. The van der Waals surface area contributed by atoms with Crippen LogP contribution >= 0.6 is 39.1 Å². The molecule has 3 aromatic carbocycles. The molecule has 2 N–H and O–H groups in total. The van der Waals surface area contributed by atoms with Crippen molar-refractivity contribution in [1.82, 2.24) is 9.73 Å². The number of hydrogen-bond donors (Lipinski definition) is 2. The quantitative estimate of drug-likeness (QED) is 0.133. The lowest BCUT2D eigenvalue weighted by molar-refractivity contribution is -0.136. The van der Waals surface area contributed by atoms with Gasteiger partial charge in [0, 0.05) is 26.8 Å². The number of anilines is 1. The number of carbonyl (C=O) groups is 2. The van der Waals surface area contributed by atoms with Gasteiger partial charge < -0.3 is 9.73 Å². The van der Waals surface area contributed by atoms with Gasteiger partial charge in [-0.3, -0.25) is 9.59 Å². The molecule has 4 rings (SSSR count). The fourth-order valence-electron chi connectivity index (χ4n) is 3.46. The monoisotopic (exact) mass is 662 g/mol. The number of carbonyl (C=O) groups excluding carboxylic acids is 2. The van der Waals surface area contributed by atoms with Crippen LogP contribution in [0.1, 0.15) is 17.1 Å². The molecule has 0 fully saturated rings. The first-order valence-electron chi connectivity index (χ1n) is 11.6. The summed E-state index contributed by atoms with van der Waals surface area (Å²) < 4.78 is 34.7. The molecule has 13 heteroatoms. The molecule has 2 amide bonds. The Labute approximate surface area is 249 Å². The van der Waals surface area contributed by atoms with Gasteiger partial charge in [-0.15, -0.1) is 0 Å². The van der Waals surface area contributed by atoms with Gasteiger partial charge in [0.25, 0.3) is 0 Å². The molecule has 0 spiro atoms. The van der Waals surface area contributed by atoms with Gasteiger partial charge in [0.05, 0.1) is 17.7 Å². The number of amides is 2. The van der Waals surface area contributed by atoms with Crippen molar-refractivity contribution in [3.05, 3.63) is 117 Å². The average Bonchev–Trinajstić information content (AvgIpc) is 3.37. The largest absolute Gasteiger partial charge is 0.459 e. The lowest BCUT2D eigenvalue weighted by atomic mass is 10.2. The van der Waals surface area contributed by atoms with Crippen molar-refractivity contribution in [3.8, 4) is 0 Å². The summed E-state index contributed by atoms with van der Waals surface area (Å²) >= 11 is 15.2. The number of rotatable bonds is 9. The smallest absolute Gasteiger partial charge is 0.329 e. The van der Waals surface area contributed by atoms with Crippen molar-refractivity contribution in [3.63, 3.8) is 0 Å². The number of sulfonamides is 1. The molecular weight excluding hydrogens is 643 g/mol. The second-order valence-electron chi connectivity index (χ2n) is 8.32. The SMILES string of the molecule is O=C(N/N=C\c1ccc(CN(Cc2ccc(Cl)cc2)S(=O)(=O)c2ccc(Cl)cc2)o1)C(=O)Nc1cccc(Br)c1. The minimum atomic E-state index is -3.94. The summed E-state index contributed by atoms with van der Waals surface area (Å²) in [5.74, 6) is -1.32. The summed E-state index contributed by atoms with van der Waals surface area (Å²) in [6.07, 6.45) is 1.20. The first-order valence-corrected chi connectivity index (χ1v) is 14.6. The Balaban J connectivity index is 1.44. The van der Waals surface area contributed by atoms with E-state index in [4.69, 9.17) is 27.6 Å².